The van der Waals surface area contributed by atoms with E-state index in [1.165, 1.54) is 6.08 Å². The monoisotopic (exact) mass is 109 g/mol. The van der Waals surface area contributed by atoms with E-state index in [0.717, 1.165) is 11.8 Å². The summed E-state index contributed by atoms with van der Waals surface area (Å²) in [5.41, 5.74) is 0.997. The number of hydrogen-bond donors (Lipinski definition) is 0. The maximum absolute atomic E-state index is 9.69. The molecule has 0 unspecified atom stereocenters. The lowest BCUT2D eigenvalue weighted by Gasteiger charge is -1.80. The summed E-state index contributed by atoms with van der Waals surface area (Å²) in [5.74, 6) is 0. The summed E-state index contributed by atoms with van der Waals surface area (Å²) < 4.78 is 0. The molecule has 0 rings (SSSR count). The molecule has 0 spiro atoms. The predicted octanol–water partition coefficient (Wildman–Crippen LogP) is 2.06. The van der Waals surface area contributed by atoms with Crippen molar-refractivity contribution in [3.8, 4) is 0 Å². The zero-order chi connectivity index (χ0) is 6.41. The van der Waals surface area contributed by atoms with Gasteiger partial charge in [-0.05, 0) is 13.0 Å². The second-order valence-electron chi connectivity index (χ2n) is 1.44. The Balaban J connectivity index is 3.74. The third-order valence-corrected chi connectivity index (χ3v) is 0.760. The number of hydrogen-bond acceptors (Lipinski definition) is 0. The van der Waals surface area contributed by atoms with Gasteiger partial charge in [0.2, 0.25) is 0 Å². The van der Waals surface area contributed by atoms with Gasteiger partial charge in [-0.2, -0.15) is 0 Å². The van der Waals surface area contributed by atoms with Crippen LogP contribution in [0.25, 0.3) is 0 Å². The molecule has 1 nitrogen and oxygen atoms in total. The minimum Gasteiger partial charge on any atom is -0.299 e. The van der Waals surface area contributed by atoms with Crippen molar-refractivity contribution < 1.29 is 5.11 Å². The molecule has 0 atom stereocenters. The fourth-order valence-electron chi connectivity index (χ4n) is 0.259. The molecule has 43 valence electrons. The van der Waals surface area contributed by atoms with E-state index < -0.39 is 0 Å². The summed E-state index contributed by atoms with van der Waals surface area (Å²) in [6.45, 7) is 5.39. The summed E-state index contributed by atoms with van der Waals surface area (Å²) in [4.78, 5) is 0. The molecule has 0 saturated heterocycles. The van der Waals surface area contributed by atoms with Gasteiger partial charge in [0.15, 0.2) is 0 Å². The molecule has 0 aromatic rings. The van der Waals surface area contributed by atoms with E-state index in [4.69, 9.17) is 0 Å². The van der Waals surface area contributed by atoms with E-state index in [1.807, 2.05) is 6.92 Å². The zero-order valence-corrected chi connectivity index (χ0v) is 4.92. The molecule has 0 aliphatic carbocycles. The Hall–Kier alpha value is -0.980. The highest BCUT2D eigenvalue weighted by atomic mass is 16.2. The van der Waals surface area contributed by atoms with Crippen molar-refractivity contribution in [3.63, 3.8) is 0 Å². The average molecular weight is 109 g/mol. The Kier molecular flexibility index (Phi) is 3.67. The number of rotatable bonds is 2. The lowest BCUT2D eigenvalue weighted by Crippen LogP contribution is -1.60. The largest absolute Gasteiger partial charge is 0.299 e. The van der Waals surface area contributed by atoms with Crippen molar-refractivity contribution in [3.05, 3.63) is 36.6 Å². The van der Waals surface area contributed by atoms with Gasteiger partial charge in [-0.3, -0.25) is 5.11 Å². The Morgan fingerprint density at radius 3 is 2.62 bits per heavy atom. The van der Waals surface area contributed by atoms with E-state index in [2.05, 4.69) is 6.58 Å². The quantitative estimate of drug-likeness (QED) is 0.382. The van der Waals surface area contributed by atoms with Gasteiger partial charge < -0.3 is 0 Å². The molecule has 0 aliphatic heterocycles. The van der Waals surface area contributed by atoms with Crippen LogP contribution in [0.3, 0.4) is 0 Å². The Morgan fingerprint density at radius 1 is 1.62 bits per heavy atom. The first-order valence-electron chi connectivity index (χ1n) is 2.39. The van der Waals surface area contributed by atoms with Crippen molar-refractivity contribution in [2.45, 2.75) is 6.92 Å². The summed E-state index contributed by atoms with van der Waals surface area (Å²) in [5, 5.41) is 9.69. The predicted molar refractivity (Wildman–Crippen MR) is 33.8 cm³/mol. The van der Waals surface area contributed by atoms with E-state index in [-0.39, 0.29) is 0 Å². The summed E-state index contributed by atoms with van der Waals surface area (Å²) in [7, 11) is 0. The Morgan fingerprint density at radius 2 is 2.25 bits per heavy atom. The lowest BCUT2D eigenvalue weighted by atomic mass is 10.3. The molecule has 0 fully saturated rings. The Bertz CT molecular complexity index is 120. The van der Waals surface area contributed by atoms with E-state index >= 15 is 0 Å². The van der Waals surface area contributed by atoms with Crippen molar-refractivity contribution in [2.24, 2.45) is 0 Å². The van der Waals surface area contributed by atoms with Gasteiger partial charge in [-0.25, -0.2) is 0 Å². The van der Waals surface area contributed by atoms with Crippen molar-refractivity contribution in [1.29, 1.82) is 0 Å². The third kappa shape index (κ3) is 3.22. The summed E-state index contributed by atoms with van der Waals surface area (Å²) in [6, 6.07) is 0. The average Bonchev–Trinajstić information content (AvgIpc) is 1.83. The van der Waals surface area contributed by atoms with Crippen LogP contribution in [0.5, 0.6) is 0 Å². The van der Waals surface area contributed by atoms with Gasteiger partial charge in [0.25, 0.3) is 0 Å². The molecule has 1 heteroatoms. The maximum atomic E-state index is 9.69. The van der Waals surface area contributed by atoms with Gasteiger partial charge in [0.05, 0.1) is 0 Å². The van der Waals surface area contributed by atoms with Crippen LogP contribution in [-0.4, -0.2) is 0 Å². The zero-order valence-electron chi connectivity index (χ0n) is 4.92. The van der Waals surface area contributed by atoms with Crippen LogP contribution in [0.2, 0.25) is 0 Å². The third-order valence-electron chi connectivity index (χ3n) is 0.760. The Labute approximate surface area is 49.7 Å². The molecule has 0 aromatic carbocycles. The van der Waals surface area contributed by atoms with Crippen LogP contribution in [-0.2, 0) is 5.11 Å². The normalized spacial score (nSPS) is 12.4. The van der Waals surface area contributed by atoms with Gasteiger partial charge in [-0.15, -0.1) is 0 Å². The first kappa shape index (κ1) is 7.02. The van der Waals surface area contributed by atoms with Crippen molar-refractivity contribution in [2.75, 3.05) is 0 Å². The fourth-order valence-corrected chi connectivity index (χ4v) is 0.259. The lowest BCUT2D eigenvalue weighted by molar-refractivity contribution is 0.352. The van der Waals surface area contributed by atoms with Crippen LogP contribution in [0.4, 0.5) is 0 Å². The summed E-state index contributed by atoms with van der Waals surface area (Å²) >= 11 is 0. The van der Waals surface area contributed by atoms with E-state index in [0.29, 0.717) is 0 Å². The molecule has 0 amide bonds. The topological polar surface area (TPSA) is 19.9 Å². The first-order chi connectivity index (χ1) is 3.81. The molecule has 0 aromatic heterocycles. The molecule has 1 radical (unpaired) electrons. The molecular formula is C7H9O. The minimum atomic E-state index is 0.743. The molecule has 0 saturated carbocycles. The van der Waals surface area contributed by atoms with Gasteiger partial charge >= 0.3 is 0 Å². The standard InChI is InChI=1S/C7H9O/c1-3-7(2)5-4-6-8/h3-6H,1H2,2H3/b6-4+,7-5+. The van der Waals surface area contributed by atoms with E-state index in [9.17, 15) is 5.11 Å². The smallest absolute Gasteiger partial charge is 0.142 e. The van der Waals surface area contributed by atoms with Gasteiger partial charge in [0.1, 0.15) is 6.26 Å². The maximum Gasteiger partial charge on any atom is 0.142 e. The minimum absolute atomic E-state index is 0.743. The summed E-state index contributed by atoms with van der Waals surface area (Å²) in [6.07, 6.45) is 5.59. The van der Waals surface area contributed by atoms with Crippen LogP contribution >= 0.6 is 0 Å². The number of allylic oxidation sites excluding steroid dienone is 4. The molecule has 0 aliphatic rings. The second-order valence-corrected chi connectivity index (χ2v) is 1.44. The SMILES string of the molecule is C=C/C(C)=C/C=C/[O]. The van der Waals surface area contributed by atoms with Crippen LogP contribution in [0, 0.1) is 0 Å². The molecular weight excluding hydrogens is 100 g/mol. The van der Waals surface area contributed by atoms with Crippen LogP contribution in [0.1, 0.15) is 6.92 Å². The van der Waals surface area contributed by atoms with Gasteiger partial charge in [0, 0.05) is 0 Å². The van der Waals surface area contributed by atoms with Crippen molar-refractivity contribution >= 4 is 0 Å². The molecule has 0 N–H and O–H groups in total. The van der Waals surface area contributed by atoms with Crippen molar-refractivity contribution in [1.82, 2.24) is 0 Å². The van der Waals surface area contributed by atoms with Crippen LogP contribution < -0.4 is 0 Å². The highest BCUT2D eigenvalue weighted by Crippen LogP contribution is 1.91. The van der Waals surface area contributed by atoms with Crippen LogP contribution in [0.15, 0.2) is 36.6 Å². The molecule has 8 heavy (non-hydrogen) atoms. The first-order valence-corrected chi connectivity index (χ1v) is 2.39. The molecule has 0 bridgehead atoms. The second kappa shape index (κ2) is 4.19. The fraction of sp³-hybridized carbons (Fsp3) is 0.143. The highest BCUT2D eigenvalue weighted by Gasteiger charge is 1.71. The molecule has 0 heterocycles. The van der Waals surface area contributed by atoms with E-state index in [1.54, 1.807) is 12.2 Å². The van der Waals surface area contributed by atoms with Gasteiger partial charge in [-0.1, -0.05) is 24.3 Å². The highest BCUT2D eigenvalue weighted by molar-refractivity contribution is 5.18.